The van der Waals surface area contributed by atoms with Crippen LogP contribution in [0.1, 0.15) is 130 Å². The predicted octanol–water partition coefficient (Wildman–Crippen LogP) is 7.14. The summed E-state index contributed by atoms with van der Waals surface area (Å²) in [6, 6.07) is 5.36. The molecule has 5 spiro atoms. The maximum atomic E-state index is 16.4. The maximum Gasteiger partial charge on any atom is 0.234 e. The maximum absolute atomic E-state index is 16.4. The minimum Gasteiger partial charge on any atom is -0.508 e. The fourth-order valence-electron chi connectivity index (χ4n) is 21.2. The first-order valence-electron chi connectivity index (χ1n) is 29.5. The van der Waals surface area contributed by atoms with Crippen molar-refractivity contribution in [2.45, 2.75) is 184 Å². The number of aryl methyl sites for hydroxylation is 1. The topological polar surface area (TPSA) is 230 Å². The van der Waals surface area contributed by atoms with Crippen LogP contribution < -0.4 is 4.90 Å². The standard InChI is InChI=1S/C61H83N3O11S2/c1-34(2)35(3)49-51(75-49)59(73)16-6-10-38-24-43-44-26-48(69)58(28-45(67)50(70)55(54(43,58)4)17-12-37(27-55)29-63-21-20-62-33-63)53(72)77-76-31-40-9-5-8-39(30-65)61(40)52(71)64(32-56(61)15-7-11-47(56)68)41-22-36(23-42(66)25-41)13-18-57(38)46(59)14-19-60(44,57)74/h6,10,20-23,25-26,33-35,37-40,43,45-47,49-51,53,65-68,70,72-74H,5,7-9,11-19,24,27-32H2,1-4H3/t35-,37-,38-,39-,40-,43+,45-,46+,47+,49+,50-,51-,53+,54+,55+,56-,57-,58+,59-,60-,61-/m1/s1. The van der Waals surface area contributed by atoms with E-state index in [2.05, 4.69) is 44.8 Å². The number of fused-ring (bicyclic) bond motifs is 1. The largest absolute Gasteiger partial charge is 0.508 e. The van der Waals surface area contributed by atoms with Crippen molar-refractivity contribution in [2.75, 3.05) is 23.8 Å². The SMILES string of the molecule is CC(C)[C@@H](C)[C@@H]1O[C@H]1[C@@]1(O)CC=C[C@@H]2C[C@H]3C4=CC(=O)[C@@]5(C[C@@H](O)[C@@H](O)[C@@]6(CC[C@@H](Cn7ccnc7)C6)[C@]35C)[C@@H](O)SSC[C@H]3CCC[C@H](CO)[C@]35C(=O)N(C[C@@]53CCC[C@@H]3O)c3cc(O)cc(c3)CC[C@]23[C@@H]1CC[C@@]43O. The summed E-state index contributed by atoms with van der Waals surface area (Å²) in [5.41, 5.74) is -9.62. The van der Waals surface area contributed by atoms with Crippen molar-refractivity contribution in [3.8, 4) is 5.75 Å². The Balaban J connectivity index is 1.02. The highest BCUT2D eigenvalue weighted by molar-refractivity contribution is 8.76. The van der Waals surface area contributed by atoms with E-state index in [1.807, 2.05) is 16.8 Å². The number of benzene rings is 1. The van der Waals surface area contributed by atoms with E-state index in [1.54, 1.807) is 35.6 Å². The third-order valence-corrected chi connectivity index (χ3v) is 27.5. The number of ketones is 1. The molecule has 6 heterocycles. The lowest BCUT2D eigenvalue weighted by atomic mass is 9.33. The first-order chi connectivity index (χ1) is 36.7. The molecule has 13 aliphatic rings. The van der Waals surface area contributed by atoms with Crippen molar-refractivity contribution < 1.29 is 55.2 Å². The number of ether oxygens (including phenoxy) is 1. The molecule has 77 heavy (non-hydrogen) atoms. The van der Waals surface area contributed by atoms with Crippen LogP contribution in [0.2, 0.25) is 0 Å². The van der Waals surface area contributed by atoms with Crippen LogP contribution in [0.15, 0.2) is 60.7 Å². The highest BCUT2D eigenvalue weighted by atomic mass is 33.1. The molecule has 0 radical (unpaired) electrons. The van der Waals surface area contributed by atoms with Crippen molar-refractivity contribution in [1.82, 2.24) is 9.55 Å². The highest BCUT2D eigenvalue weighted by Crippen LogP contribution is 2.80. The average Bonchev–Trinajstić information content (AvgIpc) is 2.98. The van der Waals surface area contributed by atoms with Crippen LogP contribution in [0.4, 0.5) is 5.69 Å². The lowest BCUT2D eigenvalue weighted by molar-refractivity contribution is -0.263. The number of aliphatic hydroxyl groups is 7. The summed E-state index contributed by atoms with van der Waals surface area (Å²) >= 11 is 0. The van der Waals surface area contributed by atoms with Gasteiger partial charge in [-0.15, -0.1) is 0 Å². The van der Waals surface area contributed by atoms with E-state index in [0.717, 1.165) is 18.4 Å². The normalized spacial score (nSPS) is 49.4. The number of aliphatic hydroxyl groups excluding tert-OH is 5. The van der Waals surface area contributed by atoms with Crippen molar-refractivity contribution in [2.24, 2.45) is 79.8 Å². The first kappa shape index (κ1) is 53.5. The second kappa shape index (κ2) is 18.4. The molecular formula is C61H83N3O11S2. The van der Waals surface area contributed by atoms with Crippen molar-refractivity contribution in [3.05, 3.63) is 66.3 Å². The fraction of sp³-hybridized carbons (Fsp3) is 0.754. The number of allylic oxidation sites excluding steroid dienone is 2. The van der Waals surface area contributed by atoms with Crippen LogP contribution in [-0.2, 0) is 27.3 Å². The molecule has 5 aliphatic heterocycles. The zero-order chi connectivity index (χ0) is 54.0. The second-order valence-electron chi connectivity index (χ2n) is 27.4. The summed E-state index contributed by atoms with van der Waals surface area (Å²) in [6.45, 7) is 9.24. The number of rotatable bonds is 6. The molecule has 8 N–H and O–H groups in total. The van der Waals surface area contributed by atoms with Gasteiger partial charge in [-0.25, -0.2) is 4.98 Å². The van der Waals surface area contributed by atoms with Crippen LogP contribution in [0, 0.1) is 79.8 Å². The van der Waals surface area contributed by atoms with E-state index in [-0.39, 0.29) is 73.2 Å². The van der Waals surface area contributed by atoms with Gasteiger partial charge in [0.2, 0.25) is 5.91 Å². The minimum atomic E-state index is -1.66. The Labute approximate surface area is 461 Å². The van der Waals surface area contributed by atoms with E-state index in [4.69, 9.17) is 4.74 Å². The molecular weight excluding hydrogens is 1010 g/mol. The molecule has 8 bridgehead atoms. The molecule has 2 saturated heterocycles. The van der Waals surface area contributed by atoms with E-state index >= 15 is 9.59 Å². The summed E-state index contributed by atoms with van der Waals surface area (Å²) in [6.07, 6.45) is 14.9. The Morgan fingerprint density at radius 1 is 0.935 bits per heavy atom. The monoisotopic (exact) mass is 1100 g/mol. The molecule has 0 unspecified atom stereocenters. The summed E-state index contributed by atoms with van der Waals surface area (Å²) in [7, 11) is 2.62. The Bertz CT molecular complexity index is 2740. The lowest BCUT2D eigenvalue weighted by Crippen LogP contribution is -2.75. The van der Waals surface area contributed by atoms with Gasteiger partial charge in [0.1, 0.15) is 22.9 Å². The fourth-order valence-corrected chi connectivity index (χ4v) is 24.2. The van der Waals surface area contributed by atoms with E-state index in [1.165, 1.54) is 21.6 Å². The number of nitrogens with zero attached hydrogens (tertiary/aromatic N) is 3. The van der Waals surface area contributed by atoms with Gasteiger partial charge < -0.3 is 55.1 Å². The molecule has 2 aromatic rings. The first-order valence-corrected chi connectivity index (χ1v) is 31.9. The number of amides is 1. The van der Waals surface area contributed by atoms with Gasteiger partial charge >= 0.3 is 0 Å². The number of hydrogen-bond acceptors (Lipinski definition) is 14. The number of imidazole rings is 1. The third-order valence-electron chi connectivity index (χ3n) is 24.9. The number of carbonyl (C=O) groups excluding carboxylic acids is 2. The highest BCUT2D eigenvalue weighted by Gasteiger charge is 2.82. The van der Waals surface area contributed by atoms with Gasteiger partial charge in [-0.3, -0.25) is 9.59 Å². The molecule has 1 amide bonds. The van der Waals surface area contributed by atoms with Gasteiger partial charge in [-0.1, -0.05) is 74.3 Å². The molecule has 8 aliphatic carbocycles. The Morgan fingerprint density at radius 3 is 2.49 bits per heavy atom. The van der Waals surface area contributed by atoms with Crippen LogP contribution in [0.3, 0.4) is 0 Å². The number of carbonyl (C=O) groups is 2. The number of aromatic hydroxyl groups is 1. The third kappa shape index (κ3) is 6.83. The van der Waals surface area contributed by atoms with Crippen molar-refractivity contribution in [3.63, 3.8) is 0 Å². The quantitative estimate of drug-likeness (QED) is 0.0818. The van der Waals surface area contributed by atoms with Gasteiger partial charge in [0.15, 0.2) is 5.78 Å². The van der Waals surface area contributed by atoms with Gasteiger partial charge in [-0.05, 0) is 166 Å². The number of phenolic OH excluding ortho intramolecular Hbond substituents is 1. The van der Waals surface area contributed by atoms with Gasteiger partial charge in [-0.2, -0.15) is 0 Å². The predicted molar refractivity (Wildman–Crippen MR) is 293 cm³/mol. The zero-order valence-electron chi connectivity index (χ0n) is 45.4. The van der Waals surface area contributed by atoms with E-state index < -0.39 is 91.3 Å². The van der Waals surface area contributed by atoms with E-state index in [0.29, 0.717) is 107 Å². The van der Waals surface area contributed by atoms with Crippen LogP contribution >= 0.6 is 21.6 Å². The molecule has 14 nitrogen and oxygen atoms in total. The number of hydrogen-bond donors (Lipinski definition) is 8. The number of aromatic nitrogens is 2. The number of anilines is 1. The molecule has 1 aromatic heterocycles. The smallest absolute Gasteiger partial charge is 0.234 e. The minimum absolute atomic E-state index is 0.0114. The number of phenols is 1. The summed E-state index contributed by atoms with van der Waals surface area (Å²) in [5, 5.41) is 103. The molecule has 8 fully saturated rings. The molecule has 420 valence electrons. The molecule has 21 atom stereocenters. The Morgan fingerprint density at radius 2 is 1.75 bits per heavy atom. The van der Waals surface area contributed by atoms with Gasteiger partial charge in [0.05, 0.1) is 47.2 Å². The lowest BCUT2D eigenvalue weighted by Gasteiger charge is -2.72. The molecule has 16 heteroatoms. The summed E-state index contributed by atoms with van der Waals surface area (Å²) in [4.78, 5) is 38.6. The summed E-state index contributed by atoms with van der Waals surface area (Å²) in [5.74, 6) is -1.80. The average molecular weight is 1100 g/mol. The Hall–Kier alpha value is -2.77. The van der Waals surface area contributed by atoms with Crippen molar-refractivity contribution in [1.29, 1.82) is 0 Å². The van der Waals surface area contributed by atoms with Gasteiger partial charge in [0, 0.05) is 71.8 Å². The second-order valence-corrected chi connectivity index (χ2v) is 29.9. The van der Waals surface area contributed by atoms with E-state index in [9.17, 15) is 40.9 Å². The molecule has 1 aromatic carbocycles. The van der Waals surface area contributed by atoms with Crippen molar-refractivity contribution >= 4 is 39.0 Å². The number of epoxide rings is 1. The Kier molecular flexibility index (Phi) is 12.8. The molecule has 15 rings (SSSR count). The zero-order valence-corrected chi connectivity index (χ0v) is 47.0. The summed E-state index contributed by atoms with van der Waals surface area (Å²) < 4.78 is 8.64. The van der Waals surface area contributed by atoms with Crippen LogP contribution in [-0.4, -0.2) is 128 Å². The molecule has 6 saturated carbocycles. The van der Waals surface area contributed by atoms with Gasteiger partial charge in [0.25, 0.3) is 0 Å². The van der Waals surface area contributed by atoms with Crippen LogP contribution in [0.5, 0.6) is 5.75 Å². The van der Waals surface area contributed by atoms with Crippen LogP contribution in [0.25, 0.3) is 0 Å².